The van der Waals surface area contributed by atoms with Gasteiger partial charge in [-0.25, -0.2) is 0 Å². The summed E-state index contributed by atoms with van der Waals surface area (Å²) in [7, 11) is -4.44. The third-order valence-electron chi connectivity index (χ3n) is 4.47. The number of aromatic hydroxyl groups is 1. The number of aryl methyl sites for hydroxylation is 1. The number of unbranched alkanes of at least 4 members (excludes halogenated alkanes) is 6. The summed E-state index contributed by atoms with van der Waals surface area (Å²) in [6.45, 7) is 2.19. The normalized spacial score (nSPS) is 11.5. The summed E-state index contributed by atoms with van der Waals surface area (Å²) >= 11 is 0. The first-order valence-electron chi connectivity index (χ1n) is 9.48. The van der Waals surface area contributed by atoms with Gasteiger partial charge in [0.2, 0.25) is 0 Å². The van der Waals surface area contributed by atoms with Crippen molar-refractivity contribution in [3.8, 4) is 17.2 Å². The van der Waals surface area contributed by atoms with Crippen LogP contribution in [0.1, 0.15) is 57.4 Å². The summed E-state index contributed by atoms with van der Waals surface area (Å²) in [5.74, 6) is 0.131. The number of rotatable bonds is 11. The molecule has 0 atom stereocenters. The van der Waals surface area contributed by atoms with E-state index in [0.29, 0.717) is 12.0 Å². The molecular weight excluding hydrogens is 364 g/mol. The highest BCUT2D eigenvalue weighted by atomic mass is 32.2. The molecule has 0 aliphatic carbocycles. The Morgan fingerprint density at radius 2 is 1.56 bits per heavy atom. The molecule has 0 heterocycles. The van der Waals surface area contributed by atoms with Crippen LogP contribution >= 0.6 is 0 Å². The Labute approximate surface area is 161 Å². The van der Waals surface area contributed by atoms with Crippen LogP contribution < -0.4 is 4.74 Å². The summed E-state index contributed by atoms with van der Waals surface area (Å²) in [5, 5.41) is 9.94. The standard InChI is InChI=1S/C21H28O5S/c1-2-3-4-5-6-7-8-12-17-13-11-16-20(27(23,24)25)21(17)26-19-15-10-9-14-18(19)22/h9-11,13-16,22H,2-8,12H2,1H3,(H,23,24,25). The number of ether oxygens (including phenoxy) is 1. The van der Waals surface area contributed by atoms with Gasteiger partial charge in [0.15, 0.2) is 17.2 Å². The number of phenols is 1. The SMILES string of the molecule is CCCCCCCCCc1cccc(S(=O)(=O)O)c1Oc1ccccc1O. The zero-order chi connectivity index (χ0) is 19.7. The van der Waals surface area contributed by atoms with Crippen LogP contribution in [0.5, 0.6) is 17.2 Å². The van der Waals surface area contributed by atoms with Gasteiger partial charge < -0.3 is 9.84 Å². The van der Waals surface area contributed by atoms with Crippen molar-refractivity contribution in [2.45, 2.75) is 63.2 Å². The fourth-order valence-electron chi connectivity index (χ4n) is 3.00. The molecule has 0 bridgehead atoms. The van der Waals surface area contributed by atoms with Crippen LogP contribution in [-0.2, 0) is 16.5 Å². The molecule has 148 valence electrons. The number of hydrogen-bond donors (Lipinski definition) is 2. The maximum absolute atomic E-state index is 11.8. The van der Waals surface area contributed by atoms with E-state index in [0.717, 1.165) is 19.3 Å². The molecule has 2 rings (SSSR count). The van der Waals surface area contributed by atoms with Crippen molar-refractivity contribution in [1.29, 1.82) is 0 Å². The van der Waals surface area contributed by atoms with Gasteiger partial charge in [0, 0.05) is 0 Å². The molecule has 27 heavy (non-hydrogen) atoms. The maximum atomic E-state index is 11.8. The highest BCUT2D eigenvalue weighted by Gasteiger charge is 2.21. The Balaban J connectivity index is 2.15. The quantitative estimate of drug-likeness (QED) is 0.377. The third kappa shape index (κ3) is 6.56. The monoisotopic (exact) mass is 392 g/mol. The topological polar surface area (TPSA) is 83.8 Å². The molecule has 0 fully saturated rings. The van der Waals surface area contributed by atoms with Gasteiger partial charge in [-0.05, 0) is 36.6 Å². The van der Waals surface area contributed by atoms with Crippen LogP contribution in [0.2, 0.25) is 0 Å². The smallest absolute Gasteiger partial charge is 0.298 e. The molecule has 0 aromatic heterocycles. The van der Waals surface area contributed by atoms with Crippen molar-refractivity contribution in [3.05, 3.63) is 48.0 Å². The van der Waals surface area contributed by atoms with E-state index in [1.54, 1.807) is 30.3 Å². The lowest BCUT2D eigenvalue weighted by Gasteiger charge is -2.15. The molecule has 0 unspecified atom stereocenters. The van der Waals surface area contributed by atoms with Gasteiger partial charge in [-0.3, -0.25) is 4.55 Å². The van der Waals surface area contributed by atoms with Crippen LogP contribution in [0.3, 0.4) is 0 Å². The predicted molar refractivity (Wildman–Crippen MR) is 106 cm³/mol. The third-order valence-corrected chi connectivity index (χ3v) is 5.34. The predicted octanol–water partition coefficient (Wildman–Crippen LogP) is 5.72. The molecule has 0 amide bonds. The van der Waals surface area contributed by atoms with Crippen molar-refractivity contribution in [1.82, 2.24) is 0 Å². The maximum Gasteiger partial charge on any atom is 0.298 e. The molecule has 5 nitrogen and oxygen atoms in total. The fraction of sp³-hybridized carbons (Fsp3) is 0.429. The van der Waals surface area contributed by atoms with Crippen LogP contribution in [0.15, 0.2) is 47.4 Å². The first-order valence-corrected chi connectivity index (χ1v) is 10.9. The fourth-order valence-corrected chi connectivity index (χ4v) is 3.66. The Morgan fingerprint density at radius 3 is 2.22 bits per heavy atom. The molecule has 0 saturated carbocycles. The van der Waals surface area contributed by atoms with Gasteiger partial charge in [-0.2, -0.15) is 8.42 Å². The molecule has 6 heteroatoms. The average Bonchev–Trinajstić information content (AvgIpc) is 2.63. The molecule has 0 saturated heterocycles. The van der Waals surface area contributed by atoms with Crippen molar-refractivity contribution in [3.63, 3.8) is 0 Å². The molecule has 2 aromatic rings. The van der Waals surface area contributed by atoms with E-state index in [1.807, 2.05) is 0 Å². The lowest BCUT2D eigenvalue weighted by molar-refractivity contribution is 0.398. The number of para-hydroxylation sites is 3. The second-order valence-electron chi connectivity index (χ2n) is 6.66. The highest BCUT2D eigenvalue weighted by molar-refractivity contribution is 7.86. The van der Waals surface area contributed by atoms with Crippen LogP contribution in [-0.4, -0.2) is 18.1 Å². The van der Waals surface area contributed by atoms with Gasteiger partial charge in [-0.1, -0.05) is 69.7 Å². The summed E-state index contributed by atoms with van der Waals surface area (Å²) in [4.78, 5) is -0.286. The molecule has 0 aliphatic heterocycles. The van der Waals surface area contributed by atoms with E-state index >= 15 is 0 Å². The Bertz CT molecular complexity index is 830. The zero-order valence-electron chi connectivity index (χ0n) is 15.7. The molecule has 0 radical (unpaired) electrons. The minimum Gasteiger partial charge on any atom is -0.504 e. The van der Waals surface area contributed by atoms with E-state index in [9.17, 15) is 18.1 Å². The molecule has 0 aliphatic rings. The van der Waals surface area contributed by atoms with Crippen molar-refractivity contribution in [2.24, 2.45) is 0 Å². The Kier molecular flexibility index (Phi) is 8.13. The van der Waals surface area contributed by atoms with Crippen molar-refractivity contribution >= 4 is 10.1 Å². The molecule has 2 aromatic carbocycles. The number of phenolic OH excluding ortho intramolecular Hbond substituents is 1. The molecular formula is C21H28O5S. The molecule has 0 spiro atoms. The largest absolute Gasteiger partial charge is 0.504 e. The summed E-state index contributed by atoms with van der Waals surface area (Å²) < 4.78 is 38.8. The van der Waals surface area contributed by atoms with E-state index in [-0.39, 0.29) is 22.1 Å². The van der Waals surface area contributed by atoms with Gasteiger partial charge in [0.05, 0.1) is 0 Å². The zero-order valence-corrected chi connectivity index (χ0v) is 16.5. The van der Waals surface area contributed by atoms with Crippen molar-refractivity contribution < 1.29 is 22.8 Å². The van der Waals surface area contributed by atoms with Crippen molar-refractivity contribution in [2.75, 3.05) is 0 Å². The summed E-state index contributed by atoms with van der Waals surface area (Å²) in [6, 6.07) is 11.0. The Hall–Kier alpha value is -2.05. The number of benzene rings is 2. The van der Waals surface area contributed by atoms with Crippen LogP contribution in [0.25, 0.3) is 0 Å². The van der Waals surface area contributed by atoms with E-state index in [4.69, 9.17) is 4.74 Å². The first kappa shape index (κ1) is 21.3. The highest BCUT2D eigenvalue weighted by Crippen LogP contribution is 2.37. The second-order valence-corrected chi connectivity index (χ2v) is 8.05. The van der Waals surface area contributed by atoms with E-state index in [1.165, 1.54) is 37.8 Å². The van der Waals surface area contributed by atoms with Crippen LogP contribution in [0, 0.1) is 0 Å². The lowest BCUT2D eigenvalue weighted by Crippen LogP contribution is -2.04. The number of hydrogen-bond acceptors (Lipinski definition) is 4. The van der Waals surface area contributed by atoms with Gasteiger partial charge >= 0.3 is 0 Å². The minimum atomic E-state index is -4.44. The average molecular weight is 393 g/mol. The van der Waals surface area contributed by atoms with E-state index < -0.39 is 10.1 Å². The second kappa shape index (κ2) is 10.3. The Morgan fingerprint density at radius 1 is 0.889 bits per heavy atom. The van der Waals surface area contributed by atoms with Gasteiger partial charge in [0.25, 0.3) is 10.1 Å². The summed E-state index contributed by atoms with van der Waals surface area (Å²) in [6.07, 6.45) is 8.67. The van der Waals surface area contributed by atoms with E-state index in [2.05, 4.69) is 6.92 Å². The van der Waals surface area contributed by atoms with Gasteiger partial charge in [0.1, 0.15) is 4.90 Å². The first-order chi connectivity index (χ1) is 12.9. The van der Waals surface area contributed by atoms with Gasteiger partial charge in [-0.15, -0.1) is 0 Å². The summed E-state index contributed by atoms with van der Waals surface area (Å²) in [5.41, 5.74) is 0.696. The lowest BCUT2D eigenvalue weighted by atomic mass is 10.0. The minimum absolute atomic E-state index is 0.0764. The van der Waals surface area contributed by atoms with Crippen LogP contribution in [0.4, 0.5) is 0 Å². The molecule has 2 N–H and O–H groups in total.